The minimum absolute atomic E-state index is 0.133. The van der Waals surface area contributed by atoms with Crippen molar-refractivity contribution < 1.29 is 13.5 Å². The molecule has 0 spiro atoms. The lowest BCUT2D eigenvalue weighted by Crippen LogP contribution is -2.04. The molecule has 0 radical (unpaired) electrons. The van der Waals surface area contributed by atoms with Crippen LogP contribution in [-0.2, 0) is 0 Å². The number of halogens is 3. The number of hydrogen-bond acceptors (Lipinski definition) is 1. The lowest BCUT2D eigenvalue weighted by Gasteiger charge is -2.16. The van der Waals surface area contributed by atoms with E-state index in [2.05, 4.69) is 0 Å². The summed E-state index contributed by atoms with van der Waals surface area (Å²) in [6.45, 7) is 3.83. The van der Waals surface area contributed by atoms with E-state index in [1.54, 1.807) is 6.07 Å². The van der Waals surface area contributed by atoms with Crippen LogP contribution in [0.3, 0.4) is 0 Å². The summed E-state index contributed by atoms with van der Waals surface area (Å²) < 4.78 is 32.9. The quantitative estimate of drug-likeness (QED) is 0.731. The summed E-state index contributed by atoms with van der Waals surface area (Å²) in [7, 11) is 1.36. The maximum atomic E-state index is 14.0. The zero-order valence-corrected chi connectivity index (χ0v) is 12.3. The molecule has 20 heavy (non-hydrogen) atoms. The number of ether oxygens (including phenoxy) is 1. The third kappa shape index (κ3) is 2.78. The largest absolute Gasteiger partial charge is 0.497 e. The summed E-state index contributed by atoms with van der Waals surface area (Å²) >= 11 is 6.27. The van der Waals surface area contributed by atoms with Crippen LogP contribution < -0.4 is 4.74 Å². The molecule has 106 valence electrons. The first-order chi connectivity index (χ1) is 9.43. The Hall–Kier alpha value is -1.61. The summed E-state index contributed by atoms with van der Waals surface area (Å²) in [6, 6.07) is 7.88. The molecule has 0 aliphatic carbocycles. The SMILES string of the molecule is COc1cc(F)c(C(Cl)c2ccc(C)cc2C)c(F)c1. The first kappa shape index (κ1) is 14.8. The van der Waals surface area contributed by atoms with Crippen LogP contribution in [0.15, 0.2) is 30.3 Å². The van der Waals surface area contributed by atoms with Gasteiger partial charge in [-0.1, -0.05) is 23.8 Å². The van der Waals surface area contributed by atoms with Gasteiger partial charge in [0.25, 0.3) is 0 Å². The molecule has 0 saturated carbocycles. The molecule has 0 aliphatic rings. The fourth-order valence-electron chi connectivity index (χ4n) is 2.19. The Balaban J connectivity index is 2.50. The molecule has 0 aliphatic heterocycles. The second-order valence-corrected chi connectivity index (χ2v) is 5.16. The van der Waals surface area contributed by atoms with Crippen LogP contribution in [0.5, 0.6) is 5.75 Å². The van der Waals surface area contributed by atoms with E-state index in [1.165, 1.54) is 7.11 Å². The monoisotopic (exact) mass is 296 g/mol. The van der Waals surface area contributed by atoms with Gasteiger partial charge in [0.15, 0.2) is 0 Å². The standard InChI is InChI=1S/C16H15ClF2O/c1-9-4-5-12(10(2)6-9)16(17)15-13(18)7-11(20-3)8-14(15)19/h4-8,16H,1-3H3. The zero-order valence-electron chi connectivity index (χ0n) is 11.5. The lowest BCUT2D eigenvalue weighted by atomic mass is 9.97. The average molecular weight is 297 g/mol. The highest BCUT2D eigenvalue weighted by atomic mass is 35.5. The molecule has 0 N–H and O–H groups in total. The lowest BCUT2D eigenvalue weighted by molar-refractivity contribution is 0.405. The number of methoxy groups -OCH3 is 1. The number of benzene rings is 2. The summed E-state index contributed by atoms with van der Waals surface area (Å²) in [4.78, 5) is 0. The number of alkyl halides is 1. The van der Waals surface area contributed by atoms with Gasteiger partial charge in [-0.25, -0.2) is 8.78 Å². The molecule has 4 heteroatoms. The Morgan fingerprint density at radius 3 is 2.15 bits per heavy atom. The number of aryl methyl sites for hydroxylation is 2. The van der Waals surface area contributed by atoms with Crippen LogP contribution >= 0.6 is 11.6 Å². The van der Waals surface area contributed by atoms with E-state index in [4.69, 9.17) is 16.3 Å². The first-order valence-corrected chi connectivity index (χ1v) is 6.62. The minimum Gasteiger partial charge on any atom is -0.497 e. The normalized spacial score (nSPS) is 12.3. The Bertz CT molecular complexity index is 617. The van der Waals surface area contributed by atoms with Gasteiger partial charge in [0, 0.05) is 17.7 Å². The van der Waals surface area contributed by atoms with Crippen LogP contribution in [0.2, 0.25) is 0 Å². The number of hydrogen-bond donors (Lipinski definition) is 0. The molecule has 0 saturated heterocycles. The van der Waals surface area contributed by atoms with Gasteiger partial charge in [0.2, 0.25) is 0 Å². The van der Waals surface area contributed by atoms with Gasteiger partial charge in [-0.05, 0) is 25.0 Å². The molecule has 2 rings (SSSR count). The maximum Gasteiger partial charge on any atom is 0.134 e. The highest BCUT2D eigenvalue weighted by molar-refractivity contribution is 6.22. The first-order valence-electron chi connectivity index (χ1n) is 6.18. The maximum absolute atomic E-state index is 14.0. The Morgan fingerprint density at radius 1 is 1.05 bits per heavy atom. The minimum atomic E-state index is -0.874. The van der Waals surface area contributed by atoms with Gasteiger partial charge in [0.1, 0.15) is 17.4 Å². The van der Waals surface area contributed by atoms with Crippen molar-refractivity contribution in [2.24, 2.45) is 0 Å². The molecule has 0 amide bonds. The summed E-state index contributed by atoms with van der Waals surface area (Å²) in [5, 5.41) is -0.874. The molecule has 2 aromatic carbocycles. The number of rotatable bonds is 3. The van der Waals surface area contributed by atoms with Crippen LogP contribution in [0, 0.1) is 25.5 Å². The van der Waals surface area contributed by atoms with Gasteiger partial charge >= 0.3 is 0 Å². The van der Waals surface area contributed by atoms with Crippen LogP contribution in [0.1, 0.15) is 27.6 Å². The van der Waals surface area contributed by atoms with Crippen molar-refractivity contribution in [3.8, 4) is 5.75 Å². The van der Waals surface area contributed by atoms with Crippen LogP contribution in [-0.4, -0.2) is 7.11 Å². The van der Waals surface area contributed by atoms with Crippen molar-refractivity contribution in [2.45, 2.75) is 19.2 Å². The van der Waals surface area contributed by atoms with Crippen molar-refractivity contribution in [2.75, 3.05) is 7.11 Å². The van der Waals surface area contributed by atoms with Gasteiger partial charge in [-0.15, -0.1) is 11.6 Å². The van der Waals surface area contributed by atoms with E-state index in [0.29, 0.717) is 5.56 Å². The molecule has 2 aromatic rings. The molecular formula is C16H15ClF2O. The molecular weight excluding hydrogens is 282 g/mol. The second-order valence-electron chi connectivity index (χ2n) is 4.73. The fourth-order valence-corrected chi connectivity index (χ4v) is 2.64. The molecule has 1 nitrogen and oxygen atoms in total. The van der Waals surface area contributed by atoms with E-state index >= 15 is 0 Å². The average Bonchev–Trinajstić information content (AvgIpc) is 2.37. The second kappa shape index (κ2) is 5.80. The highest BCUT2D eigenvalue weighted by Crippen LogP contribution is 2.36. The molecule has 0 fully saturated rings. The molecule has 1 unspecified atom stereocenters. The smallest absolute Gasteiger partial charge is 0.134 e. The van der Waals surface area contributed by atoms with Crippen molar-refractivity contribution in [1.82, 2.24) is 0 Å². The summed E-state index contributed by atoms with van der Waals surface area (Å²) in [5.41, 5.74) is 2.52. The topological polar surface area (TPSA) is 9.23 Å². The Kier molecular flexibility index (Phi) is 4.29. The predicted molar refractivity (Wildman–Crippen MR) is 76.5 cm³/mol. The van der Waals surface area contributed by atoms with E-state index in [9.17, 15) is 8.78 Å². The Labute approximate surface area is 122 Å². The van der Waals surface area contributed by atoms with Crippen LogP contribution in [0.4, 0.5) is 8.78 Å². The van der Waals surface area contributed by atoms with Crippen molar-refractivity contribution in [3.05, 3.63) is 64.2 Å². The van der Waals surface area contributed by atoms with E-state index in [-0.39, 0.29) is 11.3 Å². The third-order valence-corrected chi connectivity index (χ3v) is 3.69. The van der Waals surface area contributed by atoms with Crippen molar-refractivity contribution >= 4 is 11.6 Å². The fraction of sp³-hybridized carbons (Fsp3) is 0.250. The molecule has 0 heterocycles. The van der Waals surface area contributed by atoms with Gasteiger partial charge < -0.3 is 4.74 Å². The van der Waals surface area contributed by atoms with Crippen molar-refractivity contribution in [3.63, 3.8) is 0 Å². The third-order valence-electron chi connectivity index (χ3n) is 3.24. The van der Waals surface area contributed by atoms with Gasteiger partial charge in [-0.2, -0.15) is 0 Å². The highest BCUT2D eigenvalue weighted by Gasteiger charge is 2.22. The van der Waals surface area contributed by atoms with E-state index in [0.717, 1.165) is 23.3 Å². The van der Waals surface area contributed by atoms with Gasteiger partial charge in [0.05, 0.1) is 12.5 Å². The molecule has 1 atom stereocenters. The molecule has 0 aromatic heterocycles. The van der Waals surface area contributed by atoms with Gasteiger partial charge in [-0.3, -0.25) is 0 Å². The summed E-state index contributed by atoms with van der Waals surface area (Å²) in [5.74, 6) is -1.28. The van der Waals surface area contributed by atoms with E-state index in [1.807, 2.05) is 26.0 Å². The predicted octanol–water partition coefficient (Wildman–Crippen LogP) is 4.92. The van der Waals surface area contributed by atoms with Crippen LogP contribution in [0.25, 0.3) is 0 Å². The van der Waals surface area contributed by atoms with E-state index < -0.39 is 17.0 Å². The summed E-state index contributed by atoms with van der Waals surface area (Å²) in [6.07, 6.45) is 0. The zero-order chi connectivity index (χ0) is 14.9. The molecule has 0 bridgehead atoms. The van der Waals surface area contributed by atoms with Crippen molar-refractivity contribution in [1.29, 1.82) is 0 Å². The Morgan fingerprint density at radius 2 is 1.65 bits per heavy atom.